The zero-order valence-electron chi connectivity index (χ0n) is 16.0. The second-order valence-corrected chi connectivity index (χ2v) is 9.78. The molecule has 160 valence electrons. The maximum atomic E-state index is 13.1. The highest BCUT2D eigenvalue weighted by molar-refractivity contribution is 7.92. The van der Waals surface area contributed by atoms with Gasteiger partial charge in [0.05, 0.1) is 10.9 Å². The molecule has 2 heterocycles. The van der Waals surface area contributed by atoms with Crippen molar-refractivity contribution >= 4 is 15.7 Å². The van der Waals surface area contributed by atoms with Gasteiger partial charge in [0.1, 0.15) is 17.5 Å². The van der Waals surface area contributed by atoms with Gasteiger partial charge in [0, 0.05) is 17.7 Å². The summed E-state index contributed by atoms with van der Waals surface area (Å²) >= 11 is 0. The highest BCUT2D eigenvalue weighted by Gasteiger charge is 2.51. The number of ether oxygens (including phenoxy) is 1. The Balaban J connectivity index is 1.86. The van der Waals surface area contributed by atoms with E-state index in [1.807, 2.05) is 0 Å². The Morgan fingerprint density at radius 2 is 1.83 bits per heavy atom. The van der Waals surface area contributed by atoms with Gasteiger partial charge in [-0.1, -0.05) is 18.2 Å². The average Bonchev–Trinajstić information content (AvgIpc) is 2.98. The fourth-order valence-electron chi connectivity index (χ4n) is 3.89. The molecule has 0 aromatic heterocycles. The van der Waals surface area contributed by atoms with Gasteiger partial charge in [0.2, 0.25) is 0 Å². The molecule has 0 radical (unpaired) electrons. The molecule has 0 saturated carbocycles. The maximum absolute atomic E-state index is 13.1. The molecule has 2 aliphatic heterocycles. The molecule has 2 aromatic carbocycles. The molecule has 1 N–H and O–H groups in total. The van der Waals surface area contributed by atoms with Crippen molar-refractivity contribution in [3.63, 3.8) is 0 Å². The Morgan fingerprint density at radius 1 is 1.17 bits per heavy atom. The lowest BCUT2D eigenvalue weighted by Gasteiger charge is -2.45. The van der Waals surface area contributed by atoms with Crippen LogP contribution in [0.4, 0.5) is 13.2 Å². The molecule has 10 heteroatoms. The van der Waals surface area contributed by atoms with Gasteiger partial charge in [0.25, 0.3) is 15.7 Å². The summed E-state index contributed by atoms with van der Waals surface area (Å²) in [5, 5.41) is 11.0. The number of halogens is 3. The number of sulfone groups is 1. The highest BCUT2D eigenvalue weighted by Crippen LogP contribution is 2.46. The first-order valence-corrected chi connectivity index (χ1v) is 10.5. The minimum Gasteiger partial charge on any atom is -0.485 e. The minimum absolute atomic E-state index is 0.00769. The molecule has 2 atom stereocenters. The van der Waals surface area contributed by atoms with Crippen molar-refractivity contribution in [2.75, 3.05) is 0 Å². The van der Waals surface area contributed by atoms with Gasteiger partial charge in [-0.25, -0.2) is 8.42 Å². The van der Waals surface area contributed by atoms with Crippen molar-refractivity contribution in [1.82, 2.24) is 4.90 Å². The second-order valence-electron chi connectivity index (χ2n) is 7.83. The van der Waals surface area contributed by atoms with Crippen LogP contribution in [-0.2, 0) is 16.4 Å². The van der Waals surface area contributed by atoms with Gasteiger partial charge < -0.3 is 14.7 Å². The van der Waals surface area contributed by atoms with Crippen LogP contribution in [0, 0.1) is 0 Å². The van der Waals surface area contributed by atoms with E-state index < -0.39 is 43.9 Å². The minimum atomic E-state index is -5.61. The van der Waals surface area contributed by atoms with Crippen LogP contribution < -0.4 is 4.74 Å². The summed E-state index contributed by atoms with van der Waals surface area (Å²) in [5.41, 5.74) is -5.51. The lowest BCUT2D eigenvalue weighted by atomic mass is 9.85. The Labute approximate surface area is 170 Å². The molecule has 0 bridgehead atoms. The standard InChI is InChI=1S/C20H18F3NO5S/c1-19(2)17(25)16(24-10-11-5-3-4-6-13(11)18(24)26)14-9-12(7-8-15(14)29-19)30(27,28)20(21,22)23/h3-9,16-17,25H,10H2,1-2H3/t16-,17+/m0/s1. The van der Waals surface area contributed by atoms with Gasteiger partial charge in [-0.15, -0.1) is 0 Å². The number of rotatable bonds is 2. The predicted molar refractivity (Wildman–Crippen MR) is 99.5 cm³/mol. The summed E-state index contributed by atoms with van der Waals surface area (Å²) in [6.07, 6.45) is -1.31. The monoisotopic (exact) mass is 441 g/mol. The van der Waals surface area contributed by atoms with E-state index >= 15 is 0 Å². The lowest BCUT2D eigenvalue weighted by Crippen LogP contribution is -2.53. The van der Waals surface area contributed by atoms with E-state index in [0.29, 0.717) is 11.1 Å². The smallest absolute Gasteiger partial charge is 0.485 e. The molecule has 0 saturated heterocycles. The van der Waals surface area contributed by atoms with Gasteiger partial charge in [0.15, 0.2) is 0 Å². The zero-order chi connectivity index (χ0) is 22.1. The second kappa shape index (κ2) is 6.45. The first-order valence-electron chi connectivity index (χ1n) is 9.06. The molecule has 0 fully saturated rings. The fourth-order valence-corrected chi connectivity index (χ4v) is 4.68. The molecular formula is C20H18F3NO5S. The van der Waals surface area contributed by atoms with Crippen molar-refractivity contribution < 1.29 is 36.2 Å². The zero-order valence-corrected chi connectivity index (χ0v) is 16.8. The Morgan fingerprint density at radius 3 is 2.47 bits per heavy atom. The number of nitrogens with zero attached hydrogens (tertiary/aromatic N) is 1. The van der Waals surface area contributed by atoms with Crippen molar-refractivity contribution in [1.29, 1.82) is 0 Å². The molecule has 0 aliphatic carbocycles. The number of carbonyl (C=O) groups excluding carboxylic acids is 1. The largest absolute Gasteiger partial charge is 0.501 e. The number of alkyl halides is 3. The predicted octanol–water partition coefficient (Wildman–Crippen LogP) is 3.21. The fraction of sp³-hybridized carbons (Fsp3) is 0.350. The average molecular weight is 441 g/mol. The number of carbonyl (C=O) groups is 1. The third-order valence-corrected chi connectivity index (χ3v) is 6.97. The van der Waals surface area contributed by atoms with Gasteiger partial charge in [-0.05, 0) is 43.7 Å². The van der Waals surface area contributed by atoms with Crippen molar-refractivity contribution in [2.24, 2.45) is 0 Å². The van der Waals surface area contributed by atoms with Crippen LogP contribution in [0.5, 0.6) is 5.75 Å². The highest BCUT2D eigenvalue weighted by atomic mass is 32.2. The number of benzene rings is 2. The van der Waals surface area contributed by atoms with Crippen LogP contribution in [0.1, 0.15) is 41.4 Å². The van der Waals surface area contributed by atoms with E-state index in [0.717, 1.165) is 18.2 Å². The van der Waals surface area contributed by atoms with Gasteiger partial charge >= 0.3 is 5.51 Å². The molecule has 0 spiro atoms. The summed E-state index contributed by atoms with van der Waals surface area (Å²) in [6, 6.07) is 8.49. The van der Waals surface area contributed by atoms with Gasteiger partial charge in [-0.2, -0.15) is 13.2 Å². The van der Waals surface area contributed by atoms with Crippen LogP contribution in [0.25, 0.3) is 0 Å². The molecule has 4 rings (SSSR count). The van der Waals surface area contributed by atoms with Crippen molar-refractivity contribution in [2.45, 2.75) is 48.5 Å². The normalized spacial score (nSPS) is 23.0. The van der Waals surface area contributed by atoms with E-state index in [9.17, 15) is 31.5 Å². The molecule has 1 amide bonds. The number of hydrogen-bond acceptors (Lipinski definition) is 5. The van der Waals surface area contributed by atoms with Crippen LogP contribution in [0.15, 0.2) is 47.4 Å². The Kier molecular flexibility index (Phi) is 4.45. The summed E-state index contributed by atoms with van der Waals surface area (Å²) in [5.74, 6) is -0.289. The Bertz CT molecular complexity index is 1140. The van der Waals surface area contributed by atoms with E-state index in [2.05, 4.69) is 0 Å². The number of hydrogen-bond donors (Lipinski definition) is 1. The Hall–Kier alpha value is -2.59. The SMILES string of the molecule is CC1(C)Oc2ccc(S(=O)(=O)C(F)(F)F)cc2[C@H](N2Cc3ccccc3C2=O)[C@H]1O. The summed E-state index contributed by atoms with van der Waals surface area (Å²) in [4.78, 5) is 13.3. The number of aliphatic hydroxyl groups is 1. The van der Waals surface area contributed by atoms with Crippen molar-refractivity contribution in [3.05, 3.63) is 59.2 Å². The molecule has 2 aliphatic rings. The topological polar surface area (TPSA) is 83.9 Å². The van der Waals surface area contributed by atoms with Crippen LogP contribution in [0.3, 0.4) is 0 Å². The maximum Gasteiger partial charge on any atom is 0.501 e. The van der Waals surface area contributed by atoms with Crippen molar-refractivity contribution in [3.8, 4) is 5.75 Å². The van der Waals surface area contributed by atoms with E-state index in [1.54, 1.807) is 38.1 Å². The molecule has 30 heavy (non-hydrogen) atoms. The molecule has 2 aromatic rings. The number of amides is 1. The summed E-state index contributed by atoms with van der Waals surface area (Å²) in [7, 11) is -5.61. The summed E-state index contributed by atoms with van der Waals surface area (Å²) < 4.78 is 68.7. The van der Waals surface area contributed by atoms with E-state index in [1.165, 1.54) is 4.90 Å². The lowest BCUT2D eigenvalue weighted by molar-refractivity contribution is -0.0869. The third-order valence-electron chi connectivity index (χ3n) is 5.48. The first-order chi connectivity index (χ1) is 13.8. The van der Waals surface area contributed by atoms with E-state index in [-0.39, 0.29) is 17.9 Å². The van der Waals surface area contributed by atoms with E-state index in [4.69, 9.17) is 4.74 Å². The van der Waals surface area contributed by atoms with Gasteiger partial charge in [-0.3, -0.25) is 4.79 Å². The number of fused-ring (bicyclic) bond motifs is 2. The van der Waals surface area contributed by atoms with Crippen LogP contribution >= 0.6 is 0 Å². The summed E-state index contributed by atoms with van der Waals surface area (Å²) in [6.45, 7) is 3.30. The van der Waals surface area contributed by atoms with Crippen LogP contribution in [0.2, 0.25) is 0 Å². The molecule has 6 nitrogen and oxygen atoms in total. The number of aliphatic hydroxyl groups excluding tert-OH is 1. The first kappa shape index (κ1) is 20.7. The van der Waals surface area contributed by atoms with Crippen LogP contribution in [-0.4, -0.2) is 41.5 Å². The third kappa shape index (κ3) is 2.97. The molecule has 0 unspecified atom stereocenters. The quantitative estimate of drug-likeness (QED) is 0.774. The molecular weight excluding hydrogens is 423 g/mol.